The summed E-state index contributed by atoms with van der Waals surface area (Å²) in [6.45, 7) is 4.85. The summed E-state index contributed by atoms with van der Waals surface area (Å²) in [5.74, 6) is -3.53. The number of fused-ring (bicyclic) bond motifs is 1. The fourth-order valence-electron chi connectivity index (χ4n) is 6.61. The van der Waals surface area contributed by atoms with Crippen molar-refractivity contribution in [3.63, 3.8) is 0 Å². The largest absolute Gasteiger partial charge is 0.492 e. The molecule has 0 fully saturated rings. The molecule has 12 heteroatoms. The van der Waals surface area contributed by atoms with Gasteiger partial charge in [0, 0.05) is 38.0 Å². The van der Waals surface area contributed by atoms with Crippen molar-refractivity contribution in [3.8, 4) is 17.2 Å². The summed E-state index contributed by atoms with van der Waals surface area (Å²) >= 11 is 0. The molecule has 282 valence electrons. The Hall–Kier alpha value is -3.12. The van der Waals surface area contributed by atoms with Crippen LogP contribution in [0.15, 0.2) is 42.5 Å². The molecule has 0 saturated heterocycles. The molecule has 3 unspecified atom stereocenters. The van der Waals surface area contributed by atoms with E-state index in [-0.39, 0.29) is 37.9 Å². The quantitative estimate of drug-likeness (QED) is 0.0491. The highest BCUT2D eigenvalue weighted by Crippen LogP contribution is 2.50. The van der Waals surface area contributed by atoms with Gasteiger partial charge in [-0.25, -0.2) is 0 Å². The van der Waals surface area contributed by atoms with Gasteiger partial charge in [0.25, 0.3) is 0 Å². The van der Waals surface area contributed by atoms with Crippen LogP contribution in [-0.2, 0) is 24.4 Å². The molecule has 2 aromatic rings. The highest BCUT2D eigenvalue weighted by Gasteiger charge is 2.56. The summed E-state index contributed by atoms with van der Waals surface area (Å²) in [5.41, 5.74) is 2.02. The molecule has 0 aliphatic carbocycles. The van der Waals surface area contributed by atoms with Gasteiger partial charge >= 0.3 is 18.1 Å². The third kappa shape index (κ3) is 12.0. The maximum absolute atomic E-state index is 13.3. The standard InChI is InChI=1S/C38H53F5O7/c1-5-47-35(44)28(15-13-23-37(39,40)38(41,42)43)14-11-9-7-6-8-10-12-16-33-32-22-21-31(50-27-46-4)24-34(32)48-25-36(33,2)29-17-19-30(20-18-29)49-26-45-3/h17-22,24,28,33H,5-16,23,25-27H2,1-4H3. The average Bonchev–Trinajstić information content (AvgIpc) is 3.08. The average molecular weight is 717 g/mol. The first-order valence-electron chi connectivity index (χ1n) is 17.6. The van der Waals surface area contributed by atoms with Crippen LogP contribution in [0.1, 0.15) is 108 Å². The molecule has 0 radical (unpaired) electrons. The molecule has 0 amide bonds. The lowest BCUT2D eigenvalue weighted by molar-refractivity contribution is -0.284. The zero-order valence-electron chi connectivity index (χ0n) is 29.8. The van der Waals surface area contributed by atoms with Gasteiger partial charge in [0.05, 0.1) is 19.1 Å². The van der Waals surface area contributed by atoms with Crippen molar-refractivity contribution in [2.75, 3.05) is 41.0 Å². The SMILES string of the molecule is CCOC(=O)C(CCCCCCCCCC1c2ccc(OCOC)cc2OCC1(C)c1ccc(OCOC)cc1)CCCC(F)(F)C(F)(F)F. The maximum Gasteiger partial charge on any atom is 0.453 e. The summed E-state index contributed by atoms with van der Waals surface area (Å²) < 4.78 is 97.0. The fourth-order valence-corrected chi connectivity index (χ4v) is 6.61. The minimum atomic E-state index is -5.59. The molecule has 1 aliphatic heterocycles. The lowest BCUT2D eigenvalue weighted by Crippen LogP contribution is -2.40. The maximum atomic E-state index is 13.3. The summed E-state index contributed by atoms with van der Waals surface area (Å²) in [6, 6.07) is 14.0. The number of alkyl halides is 5. The molecular weight excluding hydrogens is 663 g/mol. The Morgan fingerprint density at radius 1 is 0.840 bits per heavy atom. The number of benzene rings is 2. The van der Waals surface area contributed by atoms with Crippen LogP contribution >= 0.6 is 0 Å². The van der Waals surface area contributed by atoms with Crippen LogP contribution in [0.3, 0.4) is 0 Å². The van der Waals surface area contributed by atoms with Gasteiger partial charge in [-0.15, -0.1) is 0 Å². The first kappa shape index (κ1) is 41.3. The molecule has 0 bridgehead atoms. The number of esters is 1. The lowest BCUT2D eigenvalue weighted by atomic mass is 9.66. The summed E-state index contributed by atoms with van der Waals surface area (Å²) in [6.07, 6.45) is 0.586. The van der Waals surface area contributed by atoms with E-state index in [1.54, 1.807) is 21.1 Å². The summed E-state index contributed by atoms with van der Waals surface area (Å²) in [7, 11) is 3.16. The lowest BCUT2D eigenvalue weighted by Gasteiger charge is -2.43. The minimum absolute atomic E-state index is 0.0496. The van der Waals surface area contributed by atoms with Crippen LogP contribution in [0, 0.1) is 5.92 Å². The Balaban J connectivity index is 1.51. The number of methoxy groups -OCH3 is 2. The molecule has 3 atom stereocenters. The number of hydrogen-bond acceptors (Lipinski definition) is 7. The van der Waals surface area contributed by atoms with Gasteiger partial charge in [0.1, 0.15) is 17.2 Å². The molecular formula is C38H53F5O7. The van der Waals surface area contributed by atoms with Crippen molar-refractivity contribution in [1.29, 1.82) is 0 Å². The Morgan fingerprint density at radius 3 is 2.04 bits per heavy atom. The Morgan fingerprint density at radius 2 is 1.42 bits per heavy atom. The van der Waals surface area contributed by atoms with E-state index in [4.69, 9.17) is 28.4 Å². The number of carbonyl (C=O) groups is 1. The number of ether oxygens (including phenoxy) is 6. The zero-order valence-corrected chi connectivity index (χ0v) is 29.8. The van der Waals surface area contributed by atoms with E-state index in [2.05, 4.69) is 25.1 Å². The second-order valence-electron chi connectivity index (χ2n) is 13.2. The van der Waals surface area contributed by atoms with Crippen LogP contribution < -0.4 is 14.2 Å². The molecule has 0 N–H and O–H groups in total. The molecule has 2 aromatic carbocycles. The summed E-state index contributed by atoms with van der Waals surface area (Å²) in [4.78, 5) is 12.3. The Bertz CT molecular complexity index is 1290. The third-order valence-electron chi connectivity index (χ3n) is 9.48. The van der Waals surface area contributed by atoms with Crippen molar-refractivity contribution < 1.29 is 55.2 Å². The van der Waals surface area contributed by atoms with E-state index in [0.29, 0.717) is 25.2 Å². The topological polar surface area (TPSA) is 72.5 Å². The van der Waals surface area contributed by atoms with Crippen molar-refractivity contribution in [2.24, 2.45) is 5.92 Å². The number of hydrogen-bond donors (Lipinski definition) is 0. The van der Waals surface area contributed by atoms with Crippen molar-refractivity contribution >= 4 is 5.97 Å². The van der Waals surface area contributed by atoms with Gasteiger partial charge in [0.2, 0.25) is 0 Å². The van der Waals surface area contributed by atoms with E-state index >= 15 is 0 Å². The minimum Gasteiger partial charge on any atom is -0.492 e. The van der Waals surface area contributed by atoms with Crippen LogP contribution in [0.25, 0.3) is 0 Å². The molecule has 50 heavy (non-hydrogen) atoms. The van der Waals surface area contributed by atoms with Crippen LogP contribution in [0.5, 0.6) is 17.2 Å². The van der Waals surface area contributed by atoms with E-state index < -0.39 is 36.8 Å². The van der Waals surface area contributed by atoms with Crippen LogP contribution in [0.2, 0.25) is 0 Å². The number of rotatable bonds is 23. The molecule has 1 aliphatic rings. The van der Waals surface area contributed by atoms with Gasteiger partial charge in [-0.1, -0.05) is 70.1 Å². The first-order valence-corrected chi connectivity index (χ1v) is 17.6. The van der Waals surface area contributed by atoms with Gasteiger partial charge in [0.15, 0.2) is 13.6 Å². The van der Waals surface area contributed by atoms with E-state index in [9.17, 15) is 26.7 Å². The van der Waals surface area contributed by atoms with Gasteiger partial charge in [-0.05, 0) is 61.9 Å². The Kier molecular flexibility index (Phi) is 16.6. The van der Waals surface area contributed by atoms with E-state index in [1.807, 2.05) is 24.3 Å². The smallest absolute Gasteiger partial charge is 0.453 e. The van der Waals surface area contributed by atoms with Gasteiger partial charge in [-0.3, -0.25) is 4.79 Å². The molecule has 7 nitrogen and oxygen atoms in total. The fraction of sp³-hybridized carbons (Fsp3) is 0.658. The monoisotopic (exact) mass is 716 g/mol. The highest BCUT2D eigenvalue weighted by molar-refractivity contribution is 5.72. The predicted molar refractivity (Wildman–Crippen MR) is 180 cm³/mol. The number of unbranched alkanes of at least 4 members (excludes halogenated alkanes) is 6. The van der Waals surface area contributed by atoms with Crippen molar-refractivity contribution in [3.05, 3.63) is 53.6 Å². The van der Waals surface area contributed by atoms with Crippen LogP contribution in [-0.4, -0.2) is 59.1 Å². The van der Waals surface area contributed by atoms with E-state index in [0.717, 1.165) is 67.6 Å². The highest BCUT2D eigenvalue weighted by atomic mass is 19.4. The number of carbonyl (C=O) groups excluding carboxylic acids is 1. The van der Waals surface area contributed by atoms with E-state index in [1.165, 1.54) is 0 Å². The van der Waals surface area contributed by atoms with Gasteiger partial charge in [-0.2, -0.15) is 22.0 Å². The van der Waals surface area contributed by atoms with Crippen molar-refractivity contribution in [2.45, 2.75) is 114 Å². The molecule has 0 saturated carbocycles. The second-order valence-corrected chi connectivity index (χ2v) is 13.2. The molecule has 0 spiro atoms. The molecule has 0 aromatic heterocycles. The molecule has 1 heterocycles. The second kappa shape index (κ2) is 20.1. The first-order chi connectivity index (χ1) is 23.9. The molecule has 3 rings (SSSR count). The number of halogens is 5. The third-order valence-corrected chi connectivity index (χ3v) is 9.48. The zero-order chi connectivity index (χ0) is 36.6. The normalized spacial score (nSPS) is 18.2. The van der Waals surface area contributed by atoms with Crippen molar-refractivity contribution in [1.82, 2.24) is 0 Å². The van der Waals surface area contributed by atoms with Gasteiger partial charge < -0.3 is 28.4 Å². The Labute approximate surface area is 293 Å². The van der Waals surface area contributed by atoms with Crippen LogP contribution in [0.4, 0.5) is 22.0 Å². The summed E-state index contributed by atoms with van der Waals surface area (Å²) in [5, 5.41) is 0. The predicted octanol–water partition coefficient (Wildman–Crippen LogP) is 10.1.